The third-order valence-electron chi connectivity index (χ3n) is 6.99. The van der Waals surface area contributed by atoms with Gasteiger partial charge in [-0.3, -0.25) is 14.8 Å². The fourth-order valence-corrected chi connectivity index (χ4v) is 4.96. The quantitative estimate of drug-likeness (QED) is 0.408. The smallest absolute Gasteiger partial charge is 0.251 e. The maximum absolute atomic E-state index is 12.7. The number of hydrogen-bond donors (Lipinski definition) is 3. The number of nitrogens with zero attached hydrogens (tertiary/aromatic N) is 2. The Balaban J connectivity index is 1.31. The molecule has 0 spiro atoms. The minimum absolute atomic E-state index is 0.192. The maximum Gasteiger partial charge on any atom is 0.251 e. The van der Waals surface area contributed by atoms with Gasteiger partial charge in [0.25, 0.3) is 5.91 Å². The third kappa shape index (κ3) is 3.88. The Bertz CT molecular complexity index is 1130. The Morgan fingerprint density at radius 3 is 2.47 bits per heavy atom. The van der Waals surface area contributed by atoms with Gasteiger partial charge in [0.05, 0.1) is 17.0 Å². The number of imidazole rings is 1. The minimum Gasteiger partial charge on any atom is -0.349 e. The number of nitrogens with one attached hydrogen (secondary N) is 2. The van der Waals surface area contributed by atoms with Crippen LogP contribution < -0.4 is 10.8 Å². The van der Waals surface area contributed by atoms with E-state index in [4.69, 9.17) is 10.2 Å². The first kappa shape index (κ1) is 20.7. The molecule has 7 nitrogen and oxygen atoms in total. The normalized spacial score (nSPS) is 20.8. The van der Waals surface area contributed by atoms with E-state index >= 15 is 0 Å². The number of amides is 2. The van der Waals surface area contributed by atoms with E-state index in [-0.39, 0.29) is 17.9 Å². The summed E-state index contributed by atoms with van der Waals surface area (Å²) in [5, 5.41) is 11.9. The lowest BCUT2D eigenvalue weighted by molar-refractivity contribution is -0.133. The predicted octanol–water partition coefficient (Wildman–Crippen LogP) is 3.76. The average Bonchev–Trinajstić information content (AvgIpc) is 3.37. The van der Waals surface area contributed by atoms with E-state index in [1.807, 2.05) is 36.4 Å². The van der Waals surface area contributed by atoms with Gasteiger partial charge in [0.1, 0.15) is 5.82 Å². The van der Waals surface area contributed by atoms with Crippen molar-refractivity contribution in [2.45, 2.75) is 57.0 Å². The van der Waals surface area contributed by atoms with Gasteiger partial charge < -0.3 is 9.88 Å². The van der Waals surface area contributed by atoms with E-state index in [9.17, 15) is 9.59 Å². The van der Waals surface area contributed by atoms with Gasteiger partial charge >= 0.3 is 0 Å². The van der Waals surface area contributed by atoms with Crippen LogP contribution in [0.25, 0.3) is 11.0 Å². The van der Waals surface area contributed by atoms with Crippen molar-refractivity contribution in [2.24, 2.45) is 5.92 Å². The standard InChI is InChI=1S/C25H28N4O3/c30-24(27-20-9-4-7-19(20)25(31)28-32)18-13-11-16(12-14-18)15-29-22-10-2-1-8-21(22)26-23(29)17-5-3-6-17/h1-2,8,10-14,17,19-20,32H,3-7,9,15H2,(H,27,30)(H,28,31)/t19-,20+/m0/s1. The van der Waals surface area contributed by atoms with E-state index in [1.165, 1.54) is 19.3 Å². The molecule has 2 atom stereocenters. The van der Waals surface area contributed by atoms with Gasteiger partial charge in [-0.15, -0.1) is 0 Å². The van der Waals surface area contributed by atoms with Crippen LogP contribution in [0.4, 0.5) is 0 Å². The van der Waals surface area contributed by atoms with E-state index in [1.54, 1.807) is 5.48 Å². The van der Waals surface area contributed by atoms with Crippen LogP contribution in [0, 0.1) is 5.92 Å². The number of hydrogen-bond acceptors (Lipinski definition) is 4. The van der Waals surface area contributed by atoms with Crippen LogP contribution in [0.1, 0.15) is 66.2 Å². The highest BCUT2D eigenvalue weighted by Gasteiger charge is 2.34. The molecule has 166 valence electrons. The van der Waals surface area contributed by atoms with Crippen molar-refractivity contribution in [2.75, 3.05) is 0 Å². The molecule has 0 aliphatic heterocycles. The van der Waals surface area contributed by atoms with Gasteiger partial charge in [0, 0.05) is 24.1 Å². The highest BCUT2D eigenvalue weighted by molar-refractivity contribution is 5.95. The molecule has 0 bridgehead atoms. The number of fused-ring (bicyclic) bond motifs is 1. The topological polar surface area (TPSA) is 96.3 Å². The van der Waals surface area contributed by atoms with Crippen LogP contribution in [0.5, 0.6) is 0 Å². The second-order valence-electron chi connectivity index (χ2n) is 8.96. The summed E-state index contributed by atoms with van der Waals surface area (Å²) in [6, 6.07) is 15.6. The molecule has 5 rings (SSSR count). The highest BCUT2D eigenvalue weighted by Crippen LogP contribution is 2.37. The summed E-state index contributed by atoms with van der Waals surface area (Å²) < 4.78 is 2.31. The van der Waals surface area contributed by atoms with E-state index < -0.39 is 5.91 Å². The zero-order chi connectivity index (χ0) is 22.1. The van der Waals surface area contributed by atoms with Crippen LogP contribution in [-0.2, 0) is 11.3 Å². The van der Waals surface area contributed by atoms with Crippen LogP contribution in [0.3, 0.4) is 0 Å². The lowest BCUT2D eigenvalue weighted by atomic mass is 9.85. The first-order valence-electron chi connectivity index (χ1n) is 11.4. The molecule has 3 aromatic rings. The summed E-state index contributed by atoms with van der Waals surface area (Å²) in [5.74, 6) is 0.680. The average molecular weight is 433 g/mol. The van der Waals surface area contributed by atoms with Gasteiger partial charge in [-0.05, 0) is 55.5 Å². The van der Waals surface area contributed by atoms with Crippen LogP contribution in [0.15, 0.2) is 48.5 Å². The van der Waals surface area contributed by atoms with Gasteiger partial charge in [-0.2, -0.15) is 0 Å². The van der Waals surface area contributed by atoms with Crippen molar-refractivity contribution in [1.29, 1.82) is 0 Å². The Kier molecular flexibility index (Phi) is 5.66. The molecule has 2 fully saturated rings. The van der Waals surface area contributed by atoms with Crippen molar-refractivity contribution in [3.63, 3.8) is 0 Å². The Morgan fingerprint density at radius 1 is 1.00 bits per heavy atom. The van der Waals surface area contributed by atoms with E-state index in [0.717, 1.165) is 41.8 Å². The minimum atomic E-state index is -0.432. The summed E-state index contributed by atoms with van der Waals surface area (Å²) in [5.41, 5.74) is 5.57. The molecule has 7 heteroatoms. The molecule has 1 aromatic heterocycles. The lowest BCUT2D eigenvalue weighted by Gasteiger charge is -2.25. The maximum atomic E-state index is 12.7. The van der Waals surface area contributed by atoms with Crippen molar-refractivity contribution in [3.8, 4) is 0 Å². The summed E-state index contributed by atoms with van der Waals surface area (Å²) >= 11 is 0. The van der Waals surface area contributed by atoms with Crippen LogP contribution in [0.2, 0.25) is 0 Å². The van der Waals surface area contributed by atoms with Gasteiger partial charge in [0.2, 0.25) is 5.91 Å². The molecule has 2 aliphatic rings. The molecule has 2 amide bonds. The number of benzene rings is 2. The first-order valence-corrected chi connectivity index (χ1v) is 11.4. The van der Waals surface area contributed by atoms with E-state index in [2.05, 4.69) is 22.0 Å². The number of carbonyl (C=O) groups is 2. The molecule has 2 aliphatic carbocycles. The zero-order valence-corrected chi connectivity index (χ0v) is 18.0. The van der Waals surface area contributed by atoms with Crippen LogP contribution in [-0.4, -0.2) is 32.6 Å². The summed E-state index contributed by atoms with van der Waals surface area (Å²) in [6.07, 6.45) is 5.90. The van der Waals surface area contributed by atoms with Crippen molar-refractivity contribution >= 4 is 22.8 Å². The van der Waals surface area contributed by atoms with Crippen molar-refractivity contribution in [1.82, 2.24) is 20.3 Å². The molecule has 1 heterocycles. The fraction of sp³-hybridized carbons (Fsp3) is 0.400. The molecule has 2 saturated carbocycles. The van der Waals surface area contributed by atoms with Crippen molar-refractivity contribution in [3.05, 3.63) is 65.5 Å². The molecule has 0 radical (unpaired) electrons. The monoisotopic (exact) mass is 432 g/mol. The number of carbonyl (C=O) groups excluding carboxylic acids is 2. The number of aromatic nitrogens is 2. The summed E-state index contributed by atoms with van der Waals surface area (Å²) in [4.78, 5) is 29.5. The Morgan fingerprint density at radius 2 is 1.75 bits per heavy atom. The molecule has 32 heavy (non-hydrogen) atoms. The SMILES string of the molecule is O=C(N[C@@H]1CCC[C@@H]1C(=O)NO)c1ccc(Cn2c(C3CCC3)nc3ccccc32)cc1. The largest absolute Gasteiger partial charge is 0.349 e. The number of hydroxylamine groups is 1. The zero-order valence-electron chi connectivity index (χ0n) is 18.0. The predicted molar refractivity (Wildman–Crippen MR) is 120 cm³/mol. The van der Waals surface area contributed by atoms with Gasteiger partial charge in [0.15, 0.2) is 0 Å². The molecular weight excluding hydrogens is 404 g/mol. The second kappa shape index (κ2) is 8.74. The third-order valence-corrected chi connectivity index (χ3v) is 6.99. The lowest BCUT2D eigenvalue weighted by Crippen LogP contribution is -2.43. The number of para-hydroxylation sites is 2. The molecule has 0 unspecified atom stereocenters. The summed E-state index contributed by atoms with van der Waals surface area (Å²) in [7, 11) is 0. The van der Waals surface area contributed by atoms with Crippen molar-refractivity contribution < 1.29 is 14.8 Å². The van der Waals surface area contributed by atoms with Crippen LogP contribution >= 0.6 is 0 Å². The molecule has 2 aromatic carbocycles. The summed E-state index contributed by atoms with van der Waals surface area (Å²) in [6.45, 7) is 0.718. The highest BCUT2D eigenvalue weighted by atomic mass is 16.5. The fourth-order valence-electron chi connectivity index (χ4n) is 4.96. The Labute approximate surface area is 186 Å². The Hall–Kier alpha value is -3.19. The first-order chi connectivity index (χ1) is 15.6. The second-order valence-corrected chi connectivity index (χ2v) is 8.96. The van der Waals surface area contributed by atoms with E-state index in [0.29, 0.717) is 17.9 Å². The van der Waals surface area contributed by atoms with Gasteiger partial charge in [-0.25, -0.2) is 10.5 Å². The molecule has 0 saturated heterocycles. The number of rotatable bonds is 6. The molecular formula is C25H28N4O3. The molecule has 3 N–H and O–H groups in total. The van der Waals surface area contributed by atoms with Gasteiger partial charge in [-0.1, -0.05) is 37.1 Å².